The summed E-state index contributed by atoms with van der Waals surface area (Å²) in [5, 5.41) is 0. The largest absolute Gasteiger partial charge is 0.574 e. The van der Waals surface area contributed by atoms with E-state index >= 15 is 0 Å². The van der Waals surface area contributed by atoms with E-state index in [1.165, 1.54) is 0 Å². The molecule has 0 aliphatic carbocycles. The smallest absolute Gasteiger partial charge is 0.398 e. The molecule has 0 saturated carbocycles. The Morgan fingerprint density at radius 1 is 1.50 bits per heavy atom. The first-order valence-electron chi connectivity index (χ1n) is 3.48. The lowest BCUT2D eigenvalue weighted by molar-refractivity contribution is -0.276. The Morgan fingerprint density at radius 2 is 2.07 bits per heavy atom. The van der Waals surface area contributed by atoms with Crippen LogP contribution in [-0.4, -0.2) is 11.3 Å². The highest BCUT2D eigenvalue weighted by atomic mass is 127. The average molecular weight is 318 g/mol. The van der Waals surface area contributed by atoms with Crippen molar-refractivity contribution < 1.29 is 17.9 Å². The zero-order valence-electron chi connectivity index (χ0n) is 7.02. The molecule has 1 aromatic heterocycles. The van der Waals surface area contributed by atoms with Crippen LogP contribution in [0.15, 0.2) is 6.07 Å². The van der Waals surface area contributed by atoms with Crippen molar-refractivity contribution in [2.45, 2.75) is 13.3 Å². The van der Waals surface area contributed by atoms with Crippen LogP contribution in [0.3, 0.4) is 0 Å². The van der Waals surface area contributed by atoms with Crippen LogP contribution in [0.5, 0.6) is 5.88 Å². The highest BCUT2D eigenvalue weighted by Crippen LogP contribution is 2.26. The van der Waals surface area contributed by atoms with Crippen LogP contribution in [0.2, 0.25) is 0 Å². The second-order valence-corrected chi connectivity index (χ2v) is 3.54. The van der Waals surface area contributed by atoms with Gasteiger partial charge in [-0.2, -0.15) is 0 Å². The summed E-state index contributed by atoms with van der Waals surface area (Å²) in [5.74, 6) is -0.537. The van der Waals surface area contributed by atoms with Gasteiger partial charge in [-0.15, -0.1) is 13.2 Å². The Hall–Kier alpha value is -0.730. The Kier molecular flexibility index (Phi) is 3.07. The number of pyridine rings is 1. The van der Waals surface area contributed by atoms with Gasteiger partial charge in [0.25, 0.3) is 0 Å². The SMILES string of the molecule is Cc1c(N)cc(OC(F)(F)F)nc1I. The summed E-state index contributed by atoms with van der Waals surface area (Å²) >= 11 is 1.79. The third-order valence-electron chi connectivity index (χ3n) is 1.45. The minimum absolute atomic E-state index is 0.226. The molecule has 78 valence electrons. The second-order valence-electron chi connectivity index (χ2n) is 2.51. The number of halogens is 4. The number of alkyl halides is 3. The van der Waals surface area contributed by atoms with Gasteiger partial charge in [0, 0.05) is 17.3 Å². The molecule has 0 saturated heterocycles. The van der Waals surface area contributed by atoms with Gasteiger partial charge in [-0.1, -0.05) is 0 Å². The quantitative estimate of drug-likeness (QED) is 0.639. The number of nitrogens with two attached hydrogens (primary N) is 1. The molecule has 0 unspecified atom stereocenters. The van der Waals surface area contributed by atoms with Gasteiger partial charge in [0.1, 0.15) is 3.70 Å². The second kappa shape index (κ2) is 3.79. The van der Waals surface area contributed by atoms with Crippen LogP contribution in [0.1, 0.15) is 5.56 Å². The van der Waals surface area contributed by atoms with Crippen molar-refractivity contribution in [1.29, 1.82) is 0 Å². The zero-order chi connectivity index (χ0) is 10.9. The first kappa shape index (κ1) is 11.3. The van der Waals surface area contributed by atoms with Crippen LogP contribution in [0.4, 0.5) is 18.9 Å². The molecule has 14 heavy (non-hydrogen) atoms. The van der Waals surface area contributed by atoms with Gasteiger partial charge in [0.05, 0.1) is 0 Å². The minimum atomic E-state index is -4.74. The van der Waals surface area contributed by atoms with Crippen molar-refractivity contribution in [2.75, 3.05) is 5.73 Å². The molecule has 0 radical (unpaired) electrons. The first-order chi connectivity index (χ1) is 6.29. The Morgan fingerprint density at radius 3 is 2.50 bits per heavy atom. The number of rotatable bonds is 1. The molecule has 3 nitrogen and oxygen atoms in total. The van der Waals surface area contributed by atoms with Crippen molar-refractivity contribution in [3.05, 3.63) is 15.3 Å². The Bertz CT molecular complexity index is 330. The van der Waals surface area contributed by atoms with Crippen LogP contribution < -0.4 is 10.5 Å². The van der Waals surface area contributed by atoms with Gasteiger partial charge >= 0.3 is 6.36 Å². The predicted octanol–water partition coefficient (Wildman–Crippen LogP) is 2.48. The number of ether oxygens (including phenoxy) is 1. The molecule has 0 amide bonds. The van der Waals surface area contributed by atoms with Crippen LogP contribution in [-0.2, 0) is 0 Å². The molecular weight excluding hydrogens is 312 g/mol. The summed E-state index contributed by atoms with van der Waals surface area (Å²) in [6.45, 7) is 1.67. The fourth-order valence-electron chi connectivity index (χ4n) is 0.744. The van der Waals surface area contributed by atoms with Crippen molar-refractivity contribution >= 4 is 28.3 Å². The number of anilines is 1. The summed E-state index contributed by atoms with van der Waals surface area (Å²) in [5.41, 5.74) is 6.31. The van der Waals surface area contributed by atoms with Crippen LogP contribution in [0.25, 0.3) is 0 Å². The molecule has 0 atom stereocenters. The molecule has 0 aliphatic rings. The Balaban J connectivity index is 3.02. The summed E-state index contributed by atoms with van der Waals surface area (Å²) in [6, 6.07) is 1.05. The van der Waals surface area contributed by atoms with Crippen molar-refractivity contribution in [3.8, 4) is 5.88 Å². The topological polar surface area (TPSA) is 48.1 Å². The first-order valence-corrected chi connectivity index (χ1v) is 4.56. The number of nitrogen functional groups attached to an aromatic ring is 1. The third kappa shape index (κ3) is 2.89. The molecule has 0 spiro atoms. The fraction of sp³-hybridized carbons (Fsp3) is 0.286. The number of hydrogen-bond acceptors (Lipinski definition) is 3. The number of hydrogen-bond donors (Lipinski definition) is 1. The van der Waals surface area contributed by atoms with E-state index in [4.69, 9.17) is 5.73 Å². The molecule has 1 aromatic rings. The lowest BCUT2D eigenvalue weighted by atomic mass is 10.3. The maximum absolute atomic E-state index is 11.8. The molecule has 0 aromatic carbocycles. The zero-order valence-corrected chi connectivity index (χ0v) is 9.18. The summed E-state index contributed by atoms with van der Waals surface area (Å²) in [6.07, 6.45) is -4.74. The van der Waals surface area contributed by atoms with Gasteiger partial charge in [-0.25, -0.2) is 4.98 Å². The lowest BCUT2D eigenvalue weighted by Crippen LogP contribution is -2.18. The fourth-order valence-corrected chi connectivity index (χ4v) is 1.29. The highest BCUT2D eigenvalue weighted by Gasteiger charge is 2.32. The highest BCUT2D eigenvalue weighted by molar-refractivity contribution is 14.1. The van der Waals surface area contributed by atoms with E-state index < -0.39 is 12.2 Å². The van der Waals surface area contributed by atoms with Crippen LogP contribution >= 0.6 is 22.6 Å². The summed E-state index contributed by atoms with van der Waals surface area (Å²) < 4.78 is 39.4. The van der Waals surface area contributed by atoms with E-state index in [9.17, 15) is 13.2 Å². The molecule has 1 heterocycles. The summed E-state index contributed by atoms with van der Waals surface area (Å²) in [7, 11) is 0. The monoisotopic (exact) mass is 318 g/mol. The molecular formula is C7H6F3IN2O. The molecule has 2 N–H and O–H groups in total. The molecule has 0 fully saturated rings. The summed E-state index contributed by atoms with van der Waals surface area (Å²) in [4.78, 5) is 3.58. The van der Waals surface area contributed by atoms with E-state index in [1.807, 2.05) is 0 Å². The van der Waals surface area contributed by atoms with E-state index in [0.717, 1.165) is 6.07 Å². The Labute approximate surface area is 91.6 Å². The van der Waals surface area contributed by atoms with E-state index in [0.29, 0.717) is 9.26 Å². The third-order valence-corrected chi connectivity index (χ3v) is 2.50. The van der Waals surface area contributed by atoms with Gasteiger partial charge in [-0.05, 0) is 29.5 Å². The van der Waals surface area contributed by atoms with Crippen molar-refractivity contribution in [3.63, 3.8) is 0 Å². The van der Waals surface area contributed by atoms with Crippen molar-refractivity contribution in [2.24, 2.45) is 0 Å². The molecule has 1 rings (SSSR count). The maximum Gasteiger partial charge on any atom is 0.574 e. The van der Waals surface area contributed by atoms with Gasteiger partial charge < -0.3 is 10.5 Å². The minimum Gasteiger partial charge on any atom is -0.398 e. The van der Waals surface area contributed by atoms with Crippen LogP contribution in [0, 0.1) is 10.6 Å². The number of aromatic nitrogens is 1. The van der Waals surface area contributed by atoms with E-state index in [-0.39, 0.29) is 5.69 Å². The van der Waals surface area contributed by atoms with E-state index in [2.05, 4.69) is 9.72 Å². The molecule has 7 heteroatoms. The molecule has 0 bridgehead atoms. The van der Waals surface area contributed by atoms with Gasteiger partial charge in [-0.3, -0.25) is 0 Å². The van der Waals surface area contributed by atoms with Gasteiger partial charge in [0.2, 0.25) is 5.88 Å². The van der Waals surface area contributed by atoms with Gasteiger partial charge in [0.15, 0.2) is 0 Å². The predicted molar refractivity (Wildman–Crippen MR) is 52.8 cm³/mol. The molecule has 0 aliphatic heterocycles. The van der Waals surface area contributed by atoms with E-state index in [1.54, 1.807) is 29.5 Å². The lowest BCUT2D eigenvalue weighted by Gasteiger charge is -2.10. The maximum atomic E-state index is 11.8. The number of nitrogens with zero attached hydrogens (tertiary/aromatic N) is 1. The normalized spacial score (nSPS) is 11.5. The van der Waals surface area contributed by atoms with Crippen molar-refractivity contribution in [1.82, 2.24) is 4.98 Å². The average Bonchev–Trinajstić information content (AvgIpc) is 1.96. The standard InChI is InChI=1S/C7H6F3IN2O/c1-3-4(12)2-5(13-6(3)11)14-7(8,9)10/h2H,1H3,(H2,12,13).